The summed E-state index contributed by atoms with van der Waals surface area (Å²) in [7, 11) is 0. The maximum Gasteiger partial charge on any atom is 0.223 e. The van der Waals surface area contributed by atoms with E-state index in [1.54, 1.807) is 6.92 Å². The van der Waals surface area contributed by atoms with Crippen LogP contribution in [0.25, 0.3) is 0 Å². The second-order valence-corrected chi connectivity index (χ2v) is 4.99. The highest BCUT2D eigenvalue weighted by molar-refractivity contribution is 5.09. The summed E-state index contributed by atoms with van der Waals surface area (Å²) >= 11 is 0. The molecule has 18 heavy (non-hydrogen) atoms. The highest BCUT2D eigenvalue weighted by Crippen LogP contribution is 2.20. The van der Waals surface area contributed by atoms with E-state index in [9.17, 15) is 0 Å². The number of rotatable bonds is 5. The Morgan fingerprint density at radius 3 is 2.50 bits per heavy atom. The fourth-order valence-electron chi connectivity index (χ4n) is 1.73. The predicted octanol–water partition coefficient (Wildman–Crippen LogP) is 3.23. The number of hydrogen-bond donors (Lipinski definition) is 0. The fraction of sp³-hybridized carbons (Fsp3) is 0.615. The summed E-state index contributed by atoms with van der Waals surface area (Å²) in [5.74, 6) is 2.96. The summed E-state index contributed by atoms with van der Waals surface area (Å²) in [6.45, 7) is 8.08. The van der Waals surface area contributed by atoms with Crippen molar-refractivity contribution in [2.75, 3.05) is 0 Å². The monoisotopic (exact) mass is 249 g/mol. The van der Waals surface area contributed by atoms with Gasteiger partial charge in [0.25, 0.3) is 0 Å². The molecule has 5 heteroatoms. The Morgan fingerprint density at radius 2 is 1.94 bits per heavy atom. The average molecular weight is 249 g/mol. The Kier molecular flexibility index (Phi) is 3.79. The first kappa shape index (κ1) is 12.8. The molecular formula is C13H19N3O2. The van der Waals surface area contributed by atoms with Gasteiger partial charge in [-0.05, 0) is 12.8 Å². The molecule has 0 aliphatic carbocycles. The van der Waals surface area contributed by atoms with Crippen molar-refractivity contribution in [3.05, 3.63) is 29.2 Å². The van der Waals surface area contributed by atoms with Crippen LogP contribution in [0.15, 0.2) is 15.1 Å². The molecule has 2 heterocycles. The lowest BCUT2D eigenvalue weighted by Gasteiger charge is -2.03. The molecule has 1 unspecified atom stereocenters. The highest BCUT2D eigenvalue weighted by Gasteiger charge is 2.14. The lowest BCUT2D eigenvalue weighted by Crippen LogP contribution is -1.99. The van der Waals surface area contributed by atoms with Crippen molar-refractivity contribution in [2.45, 2.75) is 52.4 Å². The van der Waals surface area contributed by atoms with Gasteiger partial charge in [0.05, 0.1) is 5.69 Å². The van der Waals surface area contributed by atoms with Crippen LogP contribution >= 0.6 is 0 Å². The lowest BCUT2D eigenvalue weighted by atomic mass is 10.0. The number of nitrogens with zero attached hydrogens (tertiary/aromatic N) is 3. The highest BCUT2D eigenvalue weighted by atomic mass is 16.5. The van der Waals surface area contributed by atoms with Gasteiger partial charge >= 0.3 is 0 Å². The molecule has 0 fully saturated rings. The molecule has 2 aromatic rings. The van der Waals surface area contributed by atoms with E-state index < -0.39 is 0 Å². The summed E-state index contributed by atoms with van der Waals surface area (Å²) in [6, 6.07) is 2.03. The van der Waals surface area contributed by atoms with E-state index >= 15 is 0 Å². The first-order valence-electron chi connectivity index (χ1n) is 6.32. The van der Waals surface area contributed by atoms with Gasteiger partial charge in [-0.15, -0.1) is 0 Å². The minimum atomic E-state index is 0.265. The van der Waals surface area contributed by atoms with Gasteiger partial charge in [0.15, 0.2) is 5.82 Å². The van der Waals surface area contributed by atoms with Crippen LogP contribution in [0.5, 0.6) is 0 Å². The van der Waals surface area contributed by atoms with Crippen LogP contribution in [0, 0.1) is 6.92 Å². The lowest BCUT2D eigenvalue weighted by molar-refractivity contribution is 0.364. The van der Waals surface area contributed by atoms with Crippen LogP contribution in [0.1, 0.15) is 62.2 Å². The van der Waals surface area contributed by atoms with Crippen molar-refractivity contribution in [3.8, 4) is 0 Å². The third-order valence-corrected chi connectivity index (χ3v) is 2.96. The van der Waals surface area contributed by atoms with Crippen LogP contribution in [-0.2, 0) is 6.42 Å². The maximum atomic E-state index is 5.27. The largest absolute Gasteiger partial charge is 0.361 e. The van der Waals surface area contributed by atoms with Gasteiger partial charge < -0.3 is 9.05 Å². The van der Waals surface area contributed by atoms with E-state index in [-0.39, 0.29) is 5.92 Å². The summed E-state index contributed by atoms with van der Waals surface area (Å²) in [4.78, 5) is 4.23. The smallest absolute Gasteiger partial charge is 0.223 e. The molecule has 0 bridgehead atoms. The van der Waals surface area contributed by atoms with Gasteiger partial charge in [-0.2, -0.15) is 4.98 Å². The van der Waals surface area contributed by atoms with Crippen LogP contribution < -0.4 is 0 Å². The zero-order valence-electron chi connectivity index (χ0n) is 11.3. The molecule has 0 aliphatic heterocycles. The second kappa shape index (κ2) is 5.33. The zero-order chi connectivity index (χ0) is 13.1. The van der Waals surface area contributed by atoms with E-state index in [1.807, 2.05) is 6.07 Å². The molecule has 98 valence electrons. The van der Waals surface area contributed by atoms with E-state index in [2.05, 4.69) is 36.1 Å². The molecule has 0 saturated heterocycles. The summed E-state index contributed by atoms with van der Waals surface area (Å²) in [5, 5.41) is 8.00. The van der Waals surface area contributed by atoms with Gasteiger partial charge in [0.1, 0.15) is 5.76 Å². The molecule has 2 rings (SSSR count). The molecule has 0 aliphatic rings. The number of hydrogen-bond acceptors (Lipinski definition) is 5. The second-order valence-electron chi connectivity index (χ2n) is 4.99. The first-order chi connectivity index (χ1) is 8.56. The summed E-state index contributed by atoms with van der Waals surface area (Å²) in [6.07, 6.45) is 1.80. The molecule has 5 nitrogen and oxygen atoms in total. The van der Waals surface area contributed by atoms with Gasteiger partial charge in [0, 0.05) is 24.8 Å². The molecule has 0 amide bonds. The van der Waals surface area contributed by atoms with Gasteiger partial charge in [-0.1, -0.05) is 31.1 Å². The molecule has 0 saturated carbocycles. The quantitative estimate of drug-likeness (QED) is 0.814. The average Bonchev–Trinajstić information content (AvgIpc) is 2.94. The van der Waals surface area contributed by atoms with Crippen LogP contribution in [0.3, 0.4) is 0 Å². The van der Waals surface area contributed by atoms with Crippen molar-refractivity contribution in [1.29, 1.82) is 0 Å². The Labute approximate surface area is 107 Å². The van der Waals surface area contributed by atoms with Crippen molar-refractivity contribution in [2.24, 2.45) is 0 Å². The Morgan fingerprint density at radius 1 is 1.17 bits per heavy atom. The van der Waals surface area contributed by atoms with Crippen molar-refractivity contribution < 1.29 is 9.05 Å². The van der Waals surface area contributed by atoms with Crippen LogP contribution in [-0.4, -0.2) is 15.3 Å². The van der Waals surface area contributed by atoms with Gasteiger partial charge in [-0.25, -0.2) is 0 Å². The first-order valence-corrected chi connectivity index (χ1v) is 6.32. The van der Waals surface area contributed by atoms with Crippen molar-refractivity contribution >= 4 is 0 Å². The molecule has 0 spiro atoms. The fourth-order valence-corrected chi connectivity index (χ4v) is 1.73. The topological polar surface area (TPSA) is 65.0 Å². The number of aromatic nitrogens is 3. The summed E-state index contributed by atoms with van der Waals surface area (Å²) in [5.41, 5.74) is 0.991. The minimum absolute atomic E-state index is 0.265. The molecule has 0 N–H and O–H groups in total. The molecule has 2 aromatic heterocycles. The van der Waals surface area contributed by atoms with E-state index in [0.717, 1.165) is 30.1 Å². The Hall–Kier alpha value is -1.65. The predicted molar refractivity (Wildman–Crippen MR) is 66.4 cm³/mol. The van der Waals surface area contributed by atoms with Crippen LogP contribution in [0.2, 0.25) is 0 Å². The molecule has 1 atom stereocenters. The van der Waals surface area contributed by atoms with Crippen LogP contribution in [0.4, 0.5) is 0 Å². The van der Waals surface area contributed by atoms with E-state index in [4.69, 9.17) is 9.05 Å². The minimum Gasteiger partial charge on any atom is -0.361 e. The Balaban J connectivity index is 1.90. The van der Waals surface area contributed by atoms with E-state index in [0.29, 0.717) is 11.8 Å². The maximum absolute atomic E-state index is 5.27. The zero-order valence-corrected chi connectivity index (χ0v) is 11.3. The van der Waals surface area contributed by atoms with Crippen molar-refractivity contribution in [3.63, 3.8) is 0 Å². The SMILES string of the molecule is Cc1nc(C(C)CCc2cc(C(C)C)on2)no1. The summed E-state index contributed by atoms with van der Waals surface area (Å²) < 4.78 is 10.2. The molecule has 0 aromatic carbocycles. The standard InChI is InChI=1S/C13H19N3O2/c1-8(2)12-7-11(15-18-12)6-5-9(3)13-14-10(4)17-16-13/h7-9H,5-6H2,1-4H3. The third kappa shape index (κ3) is 2.97. The normalized spacial score (nSPS) is 13.2. The number of aryl methyl sites for hydroxylation is 2. The van der Waals surface area contributed by atoms with Gasteiger partial charge in [0.2, 0.25) is 5.89 Å². The van der Waals surface area contributed by atoms with Crippen molar-refractivity contribution in [1.82, 2.24) is 15.3 Å². The molecule has 0 radical (unpaired) electrons. The Bertz CT molecular complexity index is 502. The third-order valence-electron chi connectivity index (χ3n) is 2.96. The van der Waals surface area contributed by atoms with E-state index in [1.165, 1.54) is 0 Å². The van der Waals surface area contributed by atoms with Gasteiger partial charge in [-0.3, -0.25) is 0 Å². The molecular weight excluding hydrogens is 230 g/mol.